The van der Waals surface area contributed by atoms with E-state index in [4.69, 9.17) is 4.74 Å². The van der Waals surface area contributed by atoms with Gasteiger partial charge in [0, 0.05) is 23.6 Å². The Labute approximate surface area is 219 Å². The lowest BCUT2D eigenvalue weighted by Crippen LogP contribution is -2.26. The molecule has 0 N–H and O–H groups in total. The maximum atomic E-state index is 13.8. The molecule has 0 spiro atoms. The number of halogens is 1. The molecule has 0 aliphatic rings. The lowest BCUT2D eigenvalue weighted by atomic mass is 9.96. The van der Waals surface area contributed by atoms with Crippen molar-refractivity contribution in [1.29, 1.82) is 0 Å². The number of carbonyl (C=O) groups excluding carboxylic acids is 1. The van der Waals surface area contributed by atoms with Crippen LogP contribution >= 0.6 is 0 Å². The van der Waals surface area contributed by atoms with Crippen LogP contribution in [0, 0.1) is 5.82 Å². The zero-order valence-electron chi connectivity index (χ0n) is 20.6. The van der Waals surface area contributed by atoms with Crippen LogP contribution in [0.3, 0.4) is 0 Å². The molecule has 0 unspecified atom stereocenters. The number of hydrogen-bond acceptors (Lipinski definition) is 6. The fourth-order valence-electron chi connectivity index (χ4n) is 4.15. The molecule has 4 aromatic rings. The summed E-state index contributed by atoms with van der Waals surface area (Å²) in [6.45, 7) is 4.68. The number of sulfone groups is 1. The quantitative estimate of drug-likeness (QED) is 0.227. The van der Waals surface area contributed by atoms with Gasteiger partial charge in [0.15, 0.2) is 9.84 Å². The Morgan fingerprint density at radius 3 is 2.39 bits per heavy atom. The van der Waals surface area contributed by atoms with Gasteiger partial charge in [0.05, 0.1) is 29.0 Å². The molecule has 0 atom stereocenters. The van der Waals surface area contributed by atoms with Gasteiger partial charge in [-0.3, -0.25) is 9.59 Å². The van der Waals surface area contributed by atoms with Crippen LogP contribution in [0.4, 0.5) is 4.39 Å². The van der Waals surface area contributed by atoms with Crippen molar-refractivity contribution >= 4 is 15.8 Å². The Hall–Kier alpha value is -4.37. The molecule has 0 saturated carbocycles. The maximum absolute atomic E-state index is 13.8. The summed E-state index contributed by atoms with van der Waals surface area (Å²) in [5.41, 5.74) is 1.64. The average Bonchev–Trinajstić information content (AvgIpc) is 2.89. The van der Waals surface area contributed by atoms with Crippen molar-refractivity contribution in [2.75, 3.05) is 5.75 Å². The van der Waals surface area contributed by atoms with E-state index >= 15 is 0 Å². The molecule has 0 radical (unpaired) electrons. The molecular formula is C29H25FN2O5S. The van der Waals surface area contributed by atoms with E-state index in [1.165, 1.54) is 48.1 Å². The van der Waals surface area contributed by atoms with Crippen molar-refractivity contribution in [3.05, 3.63) is 119 Å². The summed E-state index contributed by atoms with van der Waals surface area (Å²) >= 11 is 0. The molecule has 0 amide bonds. The van der Waals surface area contributed by atoms with Crippen LogP contribution in [0.5, 0.6) is 0 Å². The Balaban J connectivity index is 2.00. The predicted octanol–water partition coefficient (Wildman–Crippen LogP) is 4.79. The number of aromatic nitrogens is 2. The summed E-state index contributed by atoms with van der Waals surface area (Å²) in [7, 11) is -3.95. The molecule has 0 fully saturated rings. The van der Waals surface area contributed by atoms with E-state index in [0.717, 1.165) is 5.56 Å². The highest BCUT2D eigenvalue weighted by Gasteiger charge is 2.26. The van der Waals surface area contributed by atoms with Crippen LogP contribution in [-0.4, -0.2) is 29.9 Å². The van der Waals surface area contributed by atoms with Crippen molar-refractivity contribution in [3.8, 4) is 22.3 Å². The van der Waals surface area contributed by atoms with E-state index in [1.807, 2.05) is 30.3 Å². The summed E-state index contributed by atoms with van der Waals surface area (Å²) in [4.78, 5) is 25.2. The van der Waals surface area contributed by atoms with Crippen molar-refractivity contribution in [1.82, 2.24) is 9.78 Å². The van der Waals surface area contributed by atoms with E-state index in [0.29, 0.717) is 5.56 Å². The van der Waals surface area contributed by atoms with Crippen LogP contribution in [0.1, 0.15) is 18.1 Å². The van der Waals surface area contributed by atoms with Gasteiger partial charge in [0.2, 0.25) is 0 Å². The van der Waals surface area contributed by atoms with Gasteiger partial charge in [-0.05, 0) is 23.3 Å². The minimum atomic E-state index is -3.95. The zero-order valence-corrected chi connectivity index (χ0v) is 21.4. The first-order chi connectivity index (χ1) is 18.2. The fourth-order valence-corrected chi connectivity index (χ4v) is 5.67. The predicted molar refractivity (Wildman–Crippen MR) is 143 cm³/mol. The molecule has 9 heteroatoms. The van der Waals surface area contributed by atoms with Crippen LogP contribution in [0.15, 0.2) is 101 Å². The normalized spacial score (nSPS) is 11.2. The molecule has 0 aliphatic heterocycles. The average molecular weight is 533 g/mol. The second-order valence-electron chi connectivity index (χ2n) is 8.53. The molecule has 3 aromatic carbocycles. The topological polar surface area (TPSA) is 95.3 Å². The first kappa shape index (κ1) is 26.7. The van der Waals surface area contributed by atoms with E-state index in [2.05, 4.69) is 11.7 Å². The third-order valence-corrected chi connectivity index (χ3v) is 7.60. The highest BCUT2D eigenvalue weighted by Crippen LogP contribution is 2.36. The summed E-state index contributed by atoms with van der Waals surface area (Å²) in [5, 5.41) is 4.36. The number of esters is 1. The summed E-state index contributed by atoms with van der Waals surface area (Å²) in [6.07, 6.45) is 2.69. The van der Waals surface area contributed by atoms with Crippen molar-refractivity contribution in [2.45, 2.75) is 25.0 Å². The highest BCUT2D eigenvalue weighted by molar-refractivity contribution is 7.91. The van der Waals surface area contributed by atoms with Gasteiger partial charge >= 0.3 is 5.97 Å². The number of carbonyl (C=O) groups is 1. The first-order valence-corrected chi connectivity index (χ1v) is 13.4. The minimum Gasteiger partial charge on any atom is -0.461 e. The maximum Gasteiger partial charge on any atom is 0.302 e. The summed E-state index contributed by atoms with van der Waals surface area (Å²) in [5.74, 6) is -1.42. The number of hydrogen-bond donors (Lipinski definition) is 0. The zero-order chi connectivity index (χ0) is 27.3. The van der Waals surface area contributed by atoms with Crippen molar-refractivity contribution in [3.63, 3.8) is 0 Å². The molecule has 7 nitrogen and oxygen atoms in total. The standard InChI is InChI=1S/C29H25FN2O5S/c1-3-16-38(35,36)28-23(19-37-20(2)33)10-7-11-25(28)26-17-31-32(18-21-8-5-4-6-9-21)29(34)27(26)22-12-14-24(30)15-13-22/h3-15,17H,1,16,18-19H2,2H3. The molecular weight excluding hydrogens is 507 g/mol. The second-order valence-corrected chi connectivity index (χ2v) is 10.5. The minimum absolute atomic E-state index is 0.0912. The second kappa shape index (κ2) is 11.4. The molecule has 0 saturated heterocycles. The van der Waals surface area contributed by atoms with Gasteiger partial charge in [-0.25, -0.2) is 17.5 Å². The Morgan fingerprint density at radius 2 is 1.74 bits per heavy atom. The number of benzene rings is 3. The molecule has 1 heterocycles. The SMILES string of the molecule is C=CCS(=O)(=O)c1c(COC(C)=O)cccc1-c1cnn(Cc2ccccc2)c(=O)c1-c1ccc(F)cc1. The van der Waals surface area contributed by atoms with E-state index < -0.39 is 27.2 Å². The third-order valence-electron chi connectivity index (χ3n) is 5.82. The molecule has 0 bridgehead atoms. The first-order valence-electron chi connectivity index (χ1n) is 11.7. The Morgan fingerprint density at radius 1 is 1.03 bits per heavy atom. The lowest BCUT2D eigenvalue weighted by molar-refractivity contribution is -0.142. The van der Waals surface area contributed by atoms with Crippen molar-refractivity contribution in [2.24, 2.45) is 0 Å². The van der Waals surface area contributed by atoms with E-state index in [-0.39, 0.29) is 46.1 Å². The van der Waals surface area contributed by atoms with Gasteiger partial charge in [-0.1, -0.05) is 66.7 Å². The lowest BCUT2D eigenvalue weighted by Gasteiger charge is -2.18. The van der Waals surface area contributed by atoms with Gasteiger partial charge in [0.1, 0.15) is 12.4 Å². The van der Waals surface area contributed by atoms with Crippen LogP contribution in [0.25, 0.3) is 22.3 Å². The smallest absolute Gasteiger partial charge is 0.302 e. The van der Waals surface area contributed by atoms with Gasteiger partial charge in [-0.2, -0.15) is 5.10 Å². The van der Waals surface area contributed by atoms with Crippen LogP contribution in [-0.2, 0) is 32.5 Å². The van der Waals surface area contributed by atoms with Crippen LogP contribution < -0.4 is 5.56 Å². The van der Waals surface area contributed by atoms with Gasteiger partial charge in [0.25, 0.3) is 5.56 Å². The molecule has 38 heavy (non-hydrogen) atoms. The fraction of sp³-hybridized carbons (Fsp3) is 0.138. The largest absolute Gasteiger partial charge is 0.461 e. The third kappa shape index (κ3) is 5.78. The molecule has 4 rings (SSSR count). The summed E-state index contributed by atoms with van der Waals surface area (Å²) < 4.78 is 47.0. The van der Waals surface area contributed by atoms with Crippen molar-refractivity contribution < 1.29 is 22.3 Å². The molecule has 0 aliphatic carbocycles. The Kier molecular flexibility index (Phi) is 7.97. The highest BCUT2D eigenvalue weighted by atomic mass is 32.2. The monoisotopic (exact) mass is 532 g/mol. The Bertz CT molecular complexity index is 1650. The number of rotatable bonds is 9. The van der Waals surface area contributed by atoms with E-state index in [9.17, 15) is 22.4 Å². The number of ether oxygens (including phenoxy) is 1. The van der Waals surface area contributed by atoms with E-state index in [1.54, 1.807) is 18.2 Å². The van der Waals surface area contributed by atoms with Gasteiger partial charge in [-0.15, -0.1) is 6.58 Å². The van der Waals surface area contributed by atoms with Gasteiger partial charge < -0.3 is 4.74 Å². The number of nitrogens with zero attached hydrogens (tertiary/aromatic N) is 2. The molecule has 194 valence electrons. The summed E-state index contributed by atoms with van der Waals surface area (Å²) in [6, 6.07) is 19.4. The van der Waals surface area contributed by atoms with Crippen LogP contribution in [0.2, 0.25) is 0 Å². The molecule has 1 aromatic heterocycles.